The molecule has 3 heteroatoms. The van der Waals surface area contributed by atoms with Crippen molar-refractivity contribution in [3.05, 3.63) is 96.1 Å². The fourth-order valence-electron chi connectivity index (χ4n) is 2.55. The van der Waals surface area contributed by atoms with Crippen molar-refractivity contribution in [2.45, 2.75) is 22.6 Å². The van der Waals surface area contributed by atoms with Gasteiger partial charge in [0, 0.05) is 21.8 Å². The fourth-order valence-corrected chi connectivity index (χ4v) is 3.51. The molecule has 0 unspecified atom stereocenters. The van der Waals surface area contributed by atoms with Crippen LogP contribution in [0.4, 0.5) is 0 Å². The second-order valence-electron chi connectivity index (χ2n) is 5.70. The van der Waals surface area contributed by atoms with Crippen molar-refractivity contribution in [2.24, 2.45) is 0 Å². The summed E-state index contributed by atoms with van der Waals surface area (Å²) < 4.78 is 0. The summed E-state index contributed by atoms with van der Waals surface area (Å²) in [5, 5.41) is 0. The molecule has 0 spiro atoms. The Labute approximate surface area is 151 Å². The molecule has 0 heterocycles. The molecule has 124 valence electrons. The van der Waals surface area contributed by atoms with Gasteiger partial charge in [-0.05, 0) is 23.8 Å². The predicted octanol–water partition coefficient (Wildman–Crippen LogP) is 5.22. The number of hydrogen-bond donors (Lipinski definition) is 0. The molecule has 3 rings (SSSR count). The van der Waals surface area contributed by atoms with Gasteiger partial charge in [-0.25, -0.2) is 0 Å². The van der Waals surface area contributed by atoms with E-state index in [-0.39, 0.29) is 24.4 Å². The monoisotopic (exact) mass is 346 g/mol. The van der Waals surface area contributed by atoms with E-state index in [9.17, 15) is 9.59 Å². The SMILES string of the molecule is O=C(CC(=O)c1ccccc1)Cc1ccccc1Sc1ccccc1. The molecule has 0 aromatic heterocycles. The molecule has 0 radical (unpaired) electrons. The van der Waals surface area contributed by atoms with Crippen LogP contribution in [0.3, 0.4) is 0 Å². The van der Waals surface area contributed by atoms with E-state index in [1.807, 2.05) is 72.8 Å². The van der Waals surface area contributed by atoms with Gasteiger partial charge in [0.25, 0.3) is 0 Å². The van der Waals surface area contributed by atoms with Gasteiger partial charge in [-0.15, -0.1) is 0 Å². The van der Waals surface area contributed by atoms with E-state index in [4.69, 9.17) is 0 Å². The van der Waals surface area contributed by atoms with Crippen LogP contribution >= 0.6 is 11.8 Å². The number of carbonyl (C=O) groups is 2. The first-order valence-electron chi connectivity index (χ1n) is 8.13. The van der Waals surface area contributed by atoms with Crippen LogP contribution in [-0.4, -0.2) is 11.6 Å². The highest BCUT2D eigenvalue weighted by Gasteiger charge is 2.14. The molecule has 0 saturated heterocycles. The number of ketones is 2. The van der Waals surface area contributed by atoms with Crippen LogP contribution in [0.2, 0.25) is 0 Å². The van der Waals surface area contributed by atoms with E-state index in [0.29, 0.717) is 5.56 Å². The minimum absolute atomic E-state index is 0.0602. The third-order valence-electron chi connectivity index (χ3n) is 3.78. The molecule has 2 nitrogen and oxygen atoms in total. The zero-order chi connectivity index (χ0) is 17.5. The van der Waals surface area contributed by atoms with Crippen LogP contribution in [0.25, 0.3) is 0 Å². The summed E-state index contributed by atoms with van der Waals surface area (Å²) in [4.78, 5) is 26.7. The highest BCUT2D eigenvalue weighted by molar-refractivity contribution is 7.99. The summed E-state index contributed by atoms with van der Waals surface area (Å²) in [6.45, 7) is 0. The lowest BCUT2D eigenvalue weighted by molar-refractivity contribution is -0.117. The zero-order valence-electron chi connectivity index (χ0n) is 13.7. The summed E-state index contributed by atoms with van der Waals surface area (Å²) in [6, 6.07) is 26.9. The van der Waals surface area contributed by atoms with E-state index in [2.05, 4.69) is 0 Å². The molecule has 0 bridgehead atoms. The van der Waals surface area contributed by atoms with Crippen LogP contribution in [-0.2, 0) is 11.2 Å². The second-order valence-corrected chi connectivity index (χ2v) is 6.82. The maximum atomic E-state index is 12.4. The van der Waals surface area contributed by atoms with Crippen LogP contribution in [0.1, 0.15) is 22.3 Å². The summed E-state index contributed by atoms with van der Waals surface area (Å²) in [5.74, 6) is -0.186. The van der Waals surface area contributed by atoms with Gasteiger partial charge >= 0.3 is 0 Å². The molecule has 0 aliphatic heterocycles. The Bertz CT molecular complexity index is 857. The molecule has 3 aromatic rings. The first-order chi connectivity index (χ1) is 12.2. The van der Waals surface area contributed by atoms with E-state index in [0.717, 1.165) is 15.4 Å². The minimum Gasteiger partial charge on any atom is -0.299 e. The van der Waals surface area contributed by atoms with Gasteiger partial charge in [-0.1, -0.05) is 78.5 Å². The molecule has 0 saturated carbocycles. The number of carbonyl (C=O) groups excluding carboxylic acids is 2. The van der Waals surface area contributed by atoms with E-state index in [1.165, 1.54) is 0 Å². The maximum Gasteiger partial charge on any atom is 0.170 e. The molecule has 25 heavy (non-hydrogen) atoms. The van der Waals surface area contributed by atoms with Crippen molar-refractivity contribution in [3.63, 3.8) is 0 Å². The zero-order valence-corrected chi connectivity index (χ0v) is 14.5. The normalized spacial score (nSPS) is 10.4. The third kappa shape index (κ3) is 4.91. The van der Waals surface area contributed by atoms with E-state index < -0.39 is 0 Å². The summed E-state index contributed by atoms with van der Waals surface area (Å²) in [7, 11) is 0. The number of Topliss-reactive ketones (excluding diaryl/α,β-unsaturated/α-hetero) is 2. The maximum absolute atomic E-state index is 12.4. The number of benzene rings is 3. The van der Waals surface area contributed by atoms with Crippen LogP contribution in [0.5, 0.6) is 0 Å². The quantitative estimate of drug-likeness (QED) is 0.434. The molecule has 0 atom stereocenters. The number of hydrogen-bond acceptors (Lipinski definition) is 3. The Morgan fingerprint density at radius 2 is 1.32 bits per heavy atom. The Kier molecular flexibility index (Phi) is 5.81. The average molecular weight is 346 g/mol. The summed E-state index contributed by atoms with van der Waals surface area (Å²) >= 11 is 1.63. The van der Waals surface area contributed by atoms with Crippen LogP contribution in [0.15, 0.2) is 94.7 Å². The summed E-state index contributed by atoms with van der Waals surface area (Å²) in [6.07, 6.45) is 0.211. The smallest absolute Gasteiger partial charge is 0.170 e. The fraction of sp³-hybridized carbons (Fsp3) is 0.0909. The lowest BCUT2D eigenvalue weighted by atomic mass is 10.0. The van der Waals surface area contributed by atoms with Crippen molar-refractivity contribution < 1.29 is 9.59 Å². The van der Waals surface area contributed by atoms with Crippen molar-refractivity contribution in [1.82, 2.24) is 0 Å². The standard InChI is InChI=1S/C22H18O2S/c23-19(16-21(24)17-9-3-1-4-10-17)15-18-11-7-8-14-22(18)25-20-12-5-2-6-13-20/h1-14H,15-16H2. The van der Waals surface area contributed by atoms with Gasteiger partial charge in [0.1, 0.15) is 5.78 Å². The lowest BCUT2D eigenvalue weighted by Gasteiger charge is -2.08. The Balaban J connectivity index is 1.68. The van der Waals surface area contributed by atoms with Crippen LogP contribution < -0.4 is 0 Å². The van der Waals surface area contributed by atoms with E-state index in [1.54, 1.807) is 23.9 Å². The van der Waals surface area contributed by atoms with Gasteiger partial charge in [0.2, 0.25) is 0 Å². The van der Waals surface area contributed by atoms with Gasteiger partial charge in [-0.3, -0.25) is 9.59 Å². The molecule has 0 amide bonds. The van der Waals surface area contributed by atoms with Gasteiger partial charge < -0.3 is 0 Å². The van der Waals surface area contributed by atoms with Crippen LogP contribution in [0, 0.1) is 0 Å². The first kappa shape index (κ1) is 17.2. The highest BCUT2D eigenvalue weighted by atomic mass is 32.2. The van der Waals surface area contributed by atoms with Crippen molar-refractivity contribution in [3.8, 4) is 0 Å². The minimum atomic E-state index is -0.126. The lowest BCUT2D eigenvalue weighted by Crippen LogP contribution is -2.11. The van der Waals surface area contributed by atoms with Crippen molar-refractivity contribution >= 4 is 23.3 Å². The number of rotatable bonds is 7. The first-order valence-corrected chi connectivity index (χ1v) is 8.95. The molecular formula is C22H18O2S. The topological polar surface area (TPSA) is 34.1 Å². The van der Waals surface area contributed by atoms with E-state index >= 15 is 0 Å². The Hall–Kier alpha value is -2.65. The molecule has 0 fully saturated rings. The molecular weight excluding hydrogens is 328 g/mol. The van der Waals surface area contributed by atoms with Crippen molar-refractivity contribution in [2.75, 3.05) is 0 Å². The molecule has 3 aromatic carbocycles. The highest BCUT2D eigenvalue weighted by Crippen LogP contribution is 2.30. The van der Waals surface area contributed by atoms with Gasteiger partial charge in [-0.2, -0.15) is 0 Å². The average Bonchev–Trinajstić information content (AvgIpc) is 2.65. The Morgan fingerprint density at radius 3 is 2.04 bits per heavy atom. The summed E-state index contributed by atoms with van der Waals surface area (Å²) in [5.41, 5.74) is 1.55. The van der Waals surface area contributed by atoms with Crippen molar-refractivity contribution in [1.29, 1.82) is 0 Å². The third-order valence-corrected chi connectivity index (χ3v) is 4.91. The largest absolute Gasteiger partial charge is 0.299 e. The van der Waals surface area contributed by atoms with Gasteiger partial charge in [0.15, 0.2) is 5.78 Å². The Morgan fingerprint density at radius 1 is 0.720 bits per heavy atom. The molecule has 0 N–H and O–H groups in total. The molecule has 0 aliphatic carbocycles. The van der Waals surface area contributed by atoms with Gasteiger partial charge in [0.05, 0.1) is 6.42 Å². The molecule has 0 aliphatic rings. The predicted molar refractivity (Wildman–Crippen MR) is 101 cm³/mol. The second kappa shape index (κ2) is 8.45.